The van der Waals surface area contributed by atoms with Crippen molar-refractivity contribution in [1.29, 1.82) is 0 Å². The number of ether oxygens (including phenoxy) is 1. The number of nitrogens with two attached hydrogens (primary N) is 1. The SMILES string of the molecule is COCCCS(=O)(=O)c1nc2cc(N)ccc2o1. The number of methoxy groups -OCH3 is 1. The summed E-state index contributed by atoms with van der Waals surface area (Å²) in [4.78, 5) is 3.95. The summed E-state index contributed by atoms with van der Waals surface area (Å²) in [6.45, 7) is 0.381. The van der Waals surface area contributed by atoms with E-state index in [4.69, 9.17) is 14.9 Å². The third-order valence-corrected chi connectivity index (χ3v) is 3.95. The van der Waals surface area contributed by atoms with Gasteiger partial charge in [0.1, 0.15) is 5.52 Å². The van der Waals surface area contributed by atoms with Crippen LogP contribution >= 0.6 is 0 Å². The highest BCUT2D eigenvalue weighted by molar-refractivity contribution is 7.91. The van der Waals surface area contributed by atoms with Crippen LogP contribution in [0.4, 0.5) is 5.69 Å². The number of benzene rings is 1. The lowest BCUT2D eigenvalue weighted by Crippen LogP contribution is -2.09. The molecule has 0 saturated heterocycles. The Morgan fingerprint density at radius 1 is 1.44 bits per heavy atom. The molecule has 0 unspecified atom stereocenters. The first-order valence-electron chi connectivity index (χ1n) is 5.41. The van der Waals surface area contributed by atoms with Gasteiger partial charge in [-0.2, -0.15) is 4.98 Å². The molecular formula is C11H14N2O4S. The van der Waals surface area contributed by atoms with E-state index in [0.29, 0.717) is 29.8 Å². The molecular weight excluding hydrogens is 256 g/mol. The molecule has 0 aliphatic heterocycles. The molecule has 1 aromatic heterocycles. The number of fused-ring (bicyclic) bond motifs is 1. The summed E-state index contributed by atoms with van der Waals surface area (Å²) in [5.41, 5.74) is 6.96. The fourth-order valence-electron chi connectivity index (χ4n) is 1.54. The van der Waals surface area contributed by atoms with Crippen LogP contribution in [0.15, 0.2) is 27.8 Å². The fourth-order valence-corrected chi connectivity index (χ4v) is 2.66. The Labute approximate surface area is 105 Å². The number of sulfone groups is 1. The molecule has 0 aliphatic rings. The summed E-state index contributed by atoms with van der Waals surface area (Å²) in [5, 5.41) is -0.265. The maximum absolute atomic E-state index is 11.9. The van der Waals surface area contributed by atoms with Crippen LogP contribution in [0.25, 0.3) is 11.1 Å². The zero-order valence-corrected chi connectivity index (χ0v) is 10.7. The first kappa shape index (κ1) is 12.8. The Bertz CT molecular complexity index is 648. The molecule has 7 heteroatoms. The van der Waals surface area contributed by atoms with Gasteiger partial charge in [-0.05, 0) is 24.6 Å². The van der Waals surface area contributed by atoms with Crippen molar-refractivity contribution in [3.8, 4) is 0 Å². The second-order valence-corrected chi connectivity index (χ2v) is 5.86. The molecule has 6 nitrogen and oxygen atoms in total. The van der Waals surface area contributed by atoms with E-state index < -0.39 is 9.84 Å². The van der Waals surface area contributed by atoms with Crippen molar-refractivity contribution in [2.75, 3.05) is 25.2 Å². The summed E-state index contributed by atoms with van der Waals surface area (Å²) in [7, 11) is -1.98. The lowest BCUT2D eigenvalue weighted by molar-refractivity contribution is 0.199. The van der Waals surface area contributed by atoms with Crippen molar-refractivity contribution in [1.82, 2.24) is 4.98 Å². The molecule has 1 aromatic carbocycles. The molecule has 0 atom stereocenters. The lowest BCUT2D eigenvalue weighted by atomic mass is 10.3. The van der Waals surface area contributed by atoms with Crippen molar-refractivity contribution >= 4 is 26.6 Å². The predicted octanol–water partition coefficient (Wildman–Crippen LogP) is 1.22. The van der Waals surface area contributed by atoms with E-state index in [9.17, 15) is 8.42 Å². The molecule has 1 heterocycles. The van der Waals surface area contributed by atoms with E-state index in [2.05, 4.69) is 4.98 Å². The Kier molecular flexibility index (Phi) is 3.53. The molecule has 0 saturated carbocycles. The Hall–Kier alpha value is -1.60. The molecule has 0 radical (unpaired) electrons. The summed E-state index contributed by atoms with van der Waals surface area (Å²) in [5.74, 6) is -0.0524. The van der Waals surface area contributed by atoms with Gasteiger partial charge in [0.25, 0.3) is 0 Å². The van der Waals surface area contributed by atoms with Gasteiger partial charge in [0, 0.05) is 19.4 Å². The molecule has 0 spiro atoms. The smallest absolute Gasteiger partial charge is 0.316 e. The van der Waals surface area contributed by atoms with Gasteiger partial charge in [0.2, 0.25) is 9.84 Å². The van der Waals surface area contributed by atoms with Gasteiger partial charge in [-0.15, -0.1) is 0 Å². The number of nitrogen functional groups attached to an aromatic ring is 1. The van der Waals surface area contributed by atoms with Gasteiger partial charge >= 0.3 is 5.22 Å². The third-order valence-electron chi connectivity index (χ3n) is 2.42. The first-order valence-corrected chi connectivity index (χ1v) is 7.06. The van der Waals surface area contributed by atoms with Gasteiger partial charge in [-0.25, -0.2) is 8.42 Å². The zero-order chi connectivity index (χ0) is 13.2. The van der Waals surface area contributed by atoms with Crippen LogP contribution in [0.1, 0.15) is 6.42 Å². The molecule has 18 heavy (non-hydrogen) atoms. The molecule has 0 bridgehead atoms. The normalized spacial score (nSPS) is 12.1. The Morgan fingerprint density at radius 2 is 2.22 bits per heavy atom. The van der Waals surface area contributed by atoms with Gasteiger partial charge in [0.05, 0.1) is 5.75 Å². The number of hydrogen-bond donors (Lipinski definition) is 1. The fraction of sp³-hybridized carbons (Fsp3) is 0.364. The summed E-state index contributed by atoms with van der Waals surface area (Å²) >= 11 is 0. The van der Waals surface area contributed by atoms with Crippen LogP contribution < -0.4 is 5.73 Å². The standard InChI is InChI=1S/C11H14N2O4S/c1-16-5-2-6-18(14,15)11-13-9-7-8(12)3-4-10(9)17-11/h3-4,7H,2,5-6,12H2,1H3. The minimum absolute atomic E-state index is 0.0524. The Morgan fingerprint density at radius 3 is 2.94 bits per heavy atom. The van der Waals surface area contributed by atoms with Crippen LogP contribution in [0.3, 0.4) is 0 Å². The van der Waals surface area contributed by atoms with Crippen LogP contribution in [-0.2, 0) is 14.6 Å². The number of oxazole rings is 1. The molecule has 2 rings (SSSR count). The average Bonchev–Trinajstić information content (AvgIpc) is 2.72. The van der Waals surface area contributed by atoms with E-state index in [1.165, 1.54) is 7.11 Å². The maximum Gasteiger partial charge on any atom is 0.316 e. The zero-order valence-electron chi connectivity index (χ0n) is 9.92. The van der Waals surface area contributed by atoms with Crippen molar-refractivity contribution in [2.45, 2.75) is 11.6 Å². The average molecular weight is 270 g/mol. The molecule has 98 valence electrons. The minimum Gasteiger partial charge on any atom is -0.428 e. The molecule has 0 aliphatic carbocycles. The van der Waals surface area contributed by atoms with Crippen molar-refractivity contribution in [3.05, 3.63) is 18.2 Å². The van der Waals surface area contributed by atoms with Crippen LogP contribution in [0.5, 0.6) is 0 Å². The summed E-state index contributed by atoms with van der Waals surface area (Å²) < 4.78 is 33.9. The highest BCUT2D eigenvalue weighted by Crippen LogP contribution is 2.21. The topological polar surface area (TPSA) is 95.4 Å². The van der Waals surface area contributed by atoms with E-state index in [1.54, 1.807) is 18.2 Å². The van der Waals surface area contributed by atoms with Gasteiger partial charge in [-0.3, -0.25) is 0 Å². The van der Waals surface area contributed by atoms with Crippen LogP contribution in [-0.4, -0.2) is 32.9 Å². The van der Waals surface area contributed by atoms with Crippen LogP contribution in [0.2, 0.25) is 0 Å². The lowest BCUT2D eigenvalue weighted by Gasteiger charge is -1.98. The number of hydrogen-bond acceptors (Lipinski definition) is 6. The van der Waals surface area contributed by atoms with Gasteiger partial charge < -0.3 is 14.9 Å². The highest BCUT2D eigenvalue weighted by atomic mass is 32.2. The van der Waals surface area contributed by atoms with Crippen molar-refractivity contribution in [2.24, 2.45) is 0 Å². The second-order valence-electron chi connectivity index (χ2n) is 3.87. The number of anilines is 1. The number of aromatic nitrogens is 1. The summed E-state index contributed by atoms with van der Waals surface area (Å²) in [6, 6.07) is 4.81. The van der Waals surface area contributed by atoms with E-state index in [1.807, 2.05) is 0 Å². The van der Waals surface area contributed by atoms with Crippen molar-refractivity contribution in [3.63, 3.8) is 0 Å². The molecule has 2 N–H and O–H groups in total. The van der Waals surface area contributed by atoms with Gasteiger partial charge in [0.15, 0.2) is 5.58 Å². The quantitative estimate of drug-likeness (QED) is 0.648. The number of rotatable bonds is 5. The molecule has 0 fully saturated rings. The largest absolute Gasteiger partial charge is 0.428 e. The number of nitrogens with zero attached hydrogens (tertiary/aromatic N) is 1. The maximum atomic E-state index is 11.9. The predicted molar refractivity (Wildman–Crippen MR) is 67.0 cm³/mol. The molecule has 2 aromatic rings. The third kappa shape index (κ3) is 2.62. The Balaban J connectivity index is 2.30. The van der Waals surface area contributed by atoms with Crippen molar-refractivity contribution < 1.29 is 17.6 Å². The van der Waals surface area contributed by atoms with Gasteiger partial charge in [-0.1, -0.05) is 0 Å². The summed E-state index contributed by atoms with van der Waals surface area (Å²) in [6.07, 6.45) is 0.402. The second kappa shape index (κ2) is 4.95. The minimum atomic E-state index is -3.51. The molecule has 0 amide bonds. The van der Waals surface area contributed by atoms with Crippen LogP contribution in [0, 0.1) is 0 Å². The van der Waals surface area contributed by atoms with E-state index in [-0.39, 0.29) is 11.0 Å². The first-order chi connectivity index (χ1) is 8.53. The monoisotopic (exact) mass is 270 g/mol. The highest BCUT2D eigenvalue weighted by Gasteiger charge is 2.21. The van der Waals surface area contributed by atoms with E-state index >= 15 is 0 Å². The van der Waals surface area contributed by atoms with E-state index in [0.717, 1.165) is 0 Å².